The minimum atomic E-state index is -0.527. The van der Waals surface area contributed by atoms with Crippen LogP contribution in [0.15, 0.2) is 59.7 Å². The van der Waals surface area contributed by atoms with Gasteiger partial charge in [0.05, 0.1) is 18.7 Å². The van der Waals surface area contributed by atoms with E-state index in [1.807, 2.05) is 13.0 Å². The Labute approximate surface area is 189 Å². The molecule has 31 heavy (non-hydrogen) atoms. The van der Waals surface area contributed by atoms with E-state index in [2.05, 4.69) is 15.6 Å². The summed E-state index contributed by atoms with van der Waals surface area (Å²) in [6, 6.07) is 12.0. The van der Waals surface area contributed by atoms with Gasteiger partial charge in [-0.3, -0.25) is 14.2 Å². The monoisotopic (exact) mass is 461 g/mol. The molecular weight excluding hydrogens is 441 g/mol. The predicted molar refractivity (Wildman–Crippen MR) is 119 cm³/mol. The summed E-state index contributed by atoms with van der Waals surface area (Å²) in [5, 5.41) is 18.0. The summed E-state index contributed by atoms with van der Waals surface area (Å²) in [5.74, 6) is -0.334. The highest BCUT2D eigenvalue weighted by Crippen LogP contribution is 2.17. The van der Waals surface area contributed by atoms with E-state index < -0.39 is 5.56 Å². The molecule has 0 radical (unpaired) electrons. The van der Waals surface area contributed by atoms with Gasteiger partial charge in [-0.15, -0.1) is 0 Å². The number of carbonyl (C=O) groups excluding carboxylic acids is 1. The molecule has 0 spiro atoms. The van der Waals surface area contributed by atoms with E-state index >= 15 is 0 Å². The molecule has 1 aromatic carbocycles. The number of pyridine rings is 1. The van der Waals surface area contributed by atoms with Crippen molar-refractivity contribution >= 4 is 34.9 Å². The second-order valence-corrected chi connectivity index (χ2v) is 7.68. The van der Waals surface area contributed by atoms with Crippen molar-refractivity contribution in [2.45, 2.75) is 25.9 Å². The maximum atomic E-state index is 12.7. The van der Waals surface area contributed by atoms with Gasteiger partial charge in [-0.05, 0) is 24.6 Å². The van der Waals surface area contributed by atoms with Gasteiger partial charge in [-0.25, -0.2) is 4.98 Å². The zero-order valence-electron chi connectivity index (χ0n) is 16.7. The number of carbonyl (C=O) groups is 1. The van der Waals surface area contributed by atoms with Crippen LogP contribution in [0.3, 0.4) is 0 Å². The number of hydrogen-bond donors (Lipinski definition) is 2. The first-order valence-corrected chi connectivity index (χ1v) is 10.3. The van der Waals surface area contributed by atoms with Crippen molar-refractivity contribution in [3.63, 3.8) is 0 Å². The van der Waals surface area contributed by atoms with Crippen LogP contribution in [0.25, 0.3) is 0 Å². The van der Waals surface area contributed by atoms with Crippen LogP contribution in [0.5, 0.6) is 0 Å². The topological polar surface area (TPSA) is 103 Å². The number of nitrogens with one attached hydrogen (secondary N) is 2. The van der Waals surface area contributed by atoms with Crippen LogP contribution < -0.4 is 20.9 Å². The van der Waals surface area contributed by atoms with E-state index in [1.165, 1.54) is 12.4 Å². The van der Waals surface area contributed by atoms with Crippen LogP contribution in [0.4, 0.5) is 5.82 Å². The van der Waals surface area contributed by atoms with Crippen LogP contribution in [-0.4, -0.2) is 22.0 Å². The third-order valence-corrected chi connectivity index (χ3v) is 5.15. The third kappa shape index (κ3) is 5.96. The summed E-state index contributed by atoms with van der Waals surface area (Å²) < 4.78 is 1.90. The standard InChI is InChI=1S/C21H21Cl2N5O3/c1-14(15-5-4-6-16(22)11-15)26-19(29)13-27-18(23)12-25-20(21(27)30)24-9-8-17-7-2-3-10-28(17)31/h2-7,10-12,14H,8-9,13H2,1H3,(H,24,25)(H,26,29). The molecule has 0 aliphatic heterocycles. The predicted octanol–water partition coefficient (Wildman–Crippen LogP) is 2.72. The first kappa shape index (κ1) is 22.6. The molecule has 162 valence electrons. The number of anilines is 1. The molecule has 8 nitrogen and oxygen atoms in total. The Kier molecular flexibility index (Phi) is 7.49. The fraction of sp³-hybridized carbons (Fsp3) is 0.238. The molecule has 0 aliphatic carbocycles. The Bertz CT molecular complexity index is 1140. The zero-order chi connectivity index (χ0) is 22.4. The summed E-state index contributed by atoms with van der Waals surface area (Å²) >= 11 is 12.1. The highest BCUT2D eigenvalue weighted by molar-refractivity contribution is 6.30. The van der Waals surface area contributed by atoms with E-state index in [0.29, 0.717) is 23.7 Å². The molecule has 10 heteroatoms. The summed E-state index contributed by atoms with van der Waals surface area (Å²) in [7, 11) is 0. The first-order chi connectivity index (χ1) is 14.8. The Morgan fingerprint density at radius 1 is 1.26 bits per heavy atom. The van der Waals surface area contributed by atoms with Crippen molar-refractivity contribution in [2.24, 2.45) is 0 Å². The van der Waals surface area contributed by atoms with Gasteiger partial charge in [-0.2, -0.15) is 4.73 Å². The number of hydrogen-bond acceptors (Lipinski definition) is 5. The largest absolute Gasteiger partial charge is 0.619 e. The van der Waals surface area contributed by atoms with E-state index in [-0.39, 0.29) is 29.5 Å². The quantitative estimate of drug-likeness (QED) is 0.396. The van der Waals surface area contributed by atoms with Gasteiger partial charge < -0.3 is 15.8 Å². The number of nitrogens with zero attached hydrogens (tertiary/aromatic N) is 3. The van der Waals surface area contributed by atoms with Crippen LogP contribution in [0.1, 0.15) is 24.2 Å². The lowest BCUT2D eigenvalue weighted by Crippen LogP contribution is -2.35. The lowest BCUT2D eigenvalue weighted by molar-refractivity contribution is -0.613. The minimum Gasteiger partial charge on any atom is -0.619 e. The molecule has 0 saturated heterocycles. The van der Waals surface area contributed by atoms with E-state index in [4.69, 9.17) is 23.2 Å². The summed E-state index contributed by atoms with van der Waals surface area (Å²) in [6.07, 6.45) is 3.10. The van der Waals surface area contributed by atoms with E-state index in [0.717, 1.165) is 14.9 Å². The van der Waals surface area contributed by atoms with Gasteiger partial charge in [0.2, 0.25) is 5.91 Å². The SMILES string of the molecule is CC(NC(=O)Cn1c(Cl)cnc(NCCc2cccc[n+]2[O-])c1=O)c1cccc(Cl)c1. The fourth-order valence-electron chi connectivity index (χ4n) is 2.99. The van der Waals surface area contributed by atoms with Gasteiger partial charge in [0.1, 0.15) is 11.7 Å². The van der Waals surface area contributed by atoms with Crippen molar-refractivity contribution in [3.8, 4) is 0 Å². The summed E-state index contributed by atoms with van der Waals surface area (Å²) in [5.41, 5.74) is 0.868. The number of benzene rings is 1. The molecular formula is C21H21Cl2N5O3. The fourth-order valence-corrected chi connectivity index (χ4v) is 3.38. The van der Waals surface area contributed by atoms with Crippen molar-refractivity contribution in [1.29, 1.82) is 0 Å². The molecule has 1 unspecified atom stereocenters. The van der Waals surface area contributed by atoms with Crippen LogP contribution in [-0.2, 0) is 17.8 Å². The number of halogens is 2. The molecule has 2 heterocycles. The van der Waals surface area contributed by atoms with Gasteiger partial charge in [0.25, 0.3) is 5.56 Å². The van der Waals surface area contributed by atoms with Crippen molar-refractivity contribution in [3.05, 3.63) is 91.9 Å². The van der Waals surface area contributed by atoms with Gasteiger partial charge in [-0.1, -0.05) is 41.4 Å². The average molecular weight is 462 g/mol. The van der Waals surface area contributed by atoms with E-state index in [9.17, 15) is 14.8 Å². The molecule has 2 N–H and O–H groups in total. The number of rotatable bonds is 8. The molecule has 0 aliphatic rings. The molecule has 2 aromatic heterocycles. The zero-order valence-corrected chi connectivity index (χ0v) is 18.2. The Balaban J connectivity index is 1.65. The smallest absolute Gasteiger partial charge is 0.294 e. The molecule has 3 rings (SSSR count). The van der Waals surface area contributed by atoms with Crippen LogP contribution in [0.2, 0.25) is 10.2 Å². The van der Waals surface area contributed by atoms with Crippen molar-refractivity contribution < 1.29 is 9.52 Å². The molecule has 3 aromatic rings. The average Bonchev–Trinajstić information content (AvgIpc) is 2.74. The summed E-state index contributed by atoms with van der Waals surface area (Å²) in [4.78, 5) is 29.2. The maximum Gasteiger partial charge on any atom is 0.294 e. The van der Waals surface area contributed by atoms with Crippen LogP contribution in [0, 0.1) is 5.21 Å². The van der Waals surface area contributed by atoms with E-state index in [1.54, 1.807) is 36.4 Å². The second kappa shape index (κ2) is 10.3. The van der Waals surface area contributed by atoms with Crippen LogP contribution >= 0.6 is 23.2 Å². The molecule has 0 bridgehead atoms. The van der Waals surface area contributed by atoms with Gasteiger partial charge in [0.15, 0.2) is 17.7 Å². The first-order valence-electron chi connectivity index (χ1n) is 9.56. The van der Waals surface area contributed by atoms with Gasteiger partial charge >= 0.3 is 0 Å². The molecule has 0 fully saturated rings. The summed E-state index contributed by atoms with van der Waals surface area (Å²) in [6.45, 7) is 1.87. The maximum absolute atomic E-state index is 12.7. The normalized spacial score (nSPS) is 11.7. The second-order valence-electron chi connectivity index (χ2n) is 6.86. The number of aromatic nitrogens is 3. The van der Waals surface area contributed by atoms with Crippen molar-refractivity contribution in [2.75, 3.05) is 11.9 Å². The highest BCUT2D eigenvalue weighted by Gasteiger charge is 2.15. The molecule has 1 atom stereocenters. The lowest BCUT2D eigenvalue weighted by Gasteiger charge is -2.16. The highest BCUT2D eigenvalue weighted by atomic mass is 35.5. The third-order valence-electron chi connectivity index (χ3n) is 4.61. The van der Waals surface area contributed by atoms with Gasteiger partial charge in [0, 0.05) is 23.7 Å². The Hall–Kier alpha value is -3.10. The Morgan fingerprint density at radius 3 is 2.81 bits per heavy atom. The Morgan fingerprint density at radius 2 is 2.06 bits per heavy atom. The lowest BCUT2D eigenvalue weighted by atomic mass is 10.1. The minimum absolute atomic E-state index is 0.0431. The molecule has 1 amide bonds. The molecule has 0 saturated carbocycles. The van der Waals surface area contributed by atoms with Crippen molar-refractivity contribution in [1.82, 2.24) is 14.9 Å². The number of amides is 1.